The molecule has 0 saturated carbocycles. The Kier molecular flexibility index (Phi) is 6.01. The van der Waals surface area contributed by atoms with Crippen LogP contribution in [0.15, 0.2) is 12.1 Å². The molecule has 1 N–H and O–H groups in total. The summed E-state index contributed by atoms with van der Waals surface area (Å²) in [6.45, 7) is 4.27. The molecule has 0 aromatic heterocycles. The van der Waals surface area contributed by atoms with Gasteiger partial charge in [-0.3, -0.25) is 19.7 Å². The number of hydrogen-bond donors (Lipinski definition) is 1. The summed E-state index contributed by atoms with van der Waals surface area (Å²) in [4.78, 5) is 36.3. The molecule has 0 aliphatic carbocycles. The summed E-state index contributed by atoms with van der Waals surface area (Å²) in [5.74, 6) is -1.75. The van der Waals surface area contributed by atoms with Crippen molar-refractivity contribution < 1.29 is 29.1 Å². The van der Waals surface area contributed by atoms with Crippen LogP contribution in [0.25, 0.3) is 0 Å². The Morgan fingerprint density at radius 2 is 2.08 bits per heavy atom. The van der Waals surface area contributed by atoms with Crippen molar-refractivity contribution in [3.05, 3.63) is 27.8 Å². The molecule has 2 atom stereocenters. The lowest BCUT2D eigenvalue weighted by Crippen LogP contribution is -2.45. The molecule has 1 aliphatic heterocycles. The number of nitro groups is 1. The van der Waals surface area contributed by atoms with Crippen LogP contribution in [0.4, 0.5) is 5.69 Å². The van der Waals surface area contributed by atoms with Crippen molar-refractivity contribution in [2.45, 2.75) is 20.3 Å². The average molecular weight is 366 g/mol. The Labute approximate surface area is 150 Å². The molecule has 2 rings (SSSR count). The minimum Gasteiger partial charge on any atom is -0.493 e. The Balaban J connectivity index is 2.37. The van der Waals surface area contributed by atoms with E-state index in [9.17, 15) is 24.8 Å². The highest BCUT2D eigenvalue weighted by Crippen LogP contribution is 2.36. The van der Waals surface area contributed by atoms with Gasteiger partial charge in [-0.05, 0) is 19.3 Å². The molecular formula is C17H22N2O7. The molecule has 9 nitrogen and oxygen atoms in total. The Morgan fingerprint density at radius 3 is 2.58 bits per heavy atom. The van der Waals surface area contributed by atoms with Gasteiger partial charge < -0.3 is 19.5 Å². The first kappa shape index (κ1) is 19.5. The number of nitrogens with zero attached hydrogens (tertiary/aromatic N) is 2. The van der Waals surface area contributed by atoms with Gasteiger partial charge in [0.25, 0.3) is 11.6 Å². The average Bonchev–Trinajstić information content (AvgIpc) is 2.60. The normalized spacial score (nSPS) is 19.7. The molecule has 0 spiro atoms. The zero-order chi connectivity index (χ0) is 19.4. The number of methoxy groups -OCH3 is 1. The van der Waals surface area contributed by atoms with Crippen LogP contribution in [-0.4, -0.2) is 53.6 Å². The second-order valence-corrected chi connectivity index (χ2v) is 6.17. The van der Waals surface area contributed by atoms with Crippen LogP contribution in [0, 0.1) is 22.0 Å². The number of carboxylic acids is 1. The summed E-state index contributed by atoms with van der Waals surface area (Å²) >= 11 is 0. The fourth-order valence-corrected chi connectivity index (χ4v) is 3.17. The first-order valence-electron chi connectivity index (χ1n) is 8.31. The summed E-state index contributed by atoms with van der Waals surface area (Å²) in [6, 6.07) is 2.49. The van der Waals surface area contributed by atoms with Crippen molar-refractivity contribution in [2.75, 3.05) is 26.8 Å². The summed E-state index contributed by atoms with van der Waals surface area (Å²) < 4.78 is 10.5. The number of amides is 1. The highest BCUT2D eigenvalue weighted by Gasteiger charge is 2.35. The van der Waals surface area contributed by atoms with E-state index in [1.54, 1.807) is 13.8 Å². The molecule has 1 amide bonds. The van der Waals surface area contributed by atoms with E-state index in [1.165, 1.54) is 24.1 Å². The van der Waals surface area contributed by atoms with Gasteiger partial charge in [-0.1, -0.05) is 6.92 Å². The maximum absolute atomic E-state index is 12.9. The van der Waals surface area contributed by atoms with Crippen molar-refractivity contribution in [2.24, 2.45) is 11.8 Å². The number of hydrogen-bond acceptors (Lipinski definition) is 6. The van der Waals surface area contributed by atoms with Gasteiger partial charge in [0.15, 0.2) is 11.5 Å². The van der Waals surface area contributed by atoms with Crippen LogP contribution < -0.4 is 9.47 Å². The number of benzene rings is 1. The molecule has 1 aromatic carbocycles. The third-order valence-corrected chi connectivity index (χ3v) is 4.52. The highest BCUT2D eigenvalue weighted by atomic mass is 16.6. The van der Waals surface area contributed by atoms with Crippen molar-refractivity contribution in [1.82, 2.24) is 4.90 Å². The smallest absolute Gasteiger partial charge is 0.306 e. The summed E-state index contributed by atoms with van der Waals surface area (Å²) in [5.41, 5.74) is -0.469. The fraction of sp³-hybridized carbons (Fsp3) is 0.529. The third kappa shape index (κ3) is 3.87. The third-order valence-electron chi connectivity index (χ3n) is 4.52. The van der Waals surface area contributed by atoms with Gasteiger partial charge >= 0.3 is 5.97 Å². The van der Waals surface area contributed by atoms with E-state index in [0.29, 0.717) is 13.0 Å². The van der Waals surface area contributed by atoms with E-state index in [1.807, 2.05) is 0 Å². The van der Waals surface area contributed by atoms with Crippen molar-refractivity contribution in [3.8, 4) is 11.5 Å². The van der Waals surface area contributed by atoms with Gasteiger partial charge in [-0.15, -0.1) is 0 Å². The molecule has 9 heteroatoms. The monoisotopic (exact) mass is 366 g/mol. The first-order chi connectivity index (χ1) is 12.3. The van der Waals surface area contributed by atoms with Crippen LogP contribution in [0.5, 0.6) is 11.5 Å². The molecule has 26 heavy (non-hydrogen) atoms. The van der Waals surface area contributed by atoms with Gasteiger partial charge in [0.1, 0.15) is 5.56 Å². The standard InChI is InChI=1S/C17H22N2O7/c1-4-26-15-7-12(13(19(23)24)8-14(15)25-3)16(20)18-6-5-11(17(21)22)10(2)9-18/h7-8,10-11H,4-6,9H2,1-3H3,(H,21,22). The predicted octanol–water partition coefficient (Wildman–Crippen LogP) is 2.18. The van der Waals surface area contributed by atoms with E-state index < -0.39 is 22.7 Å². The number of aliphatic carboxylic acids is 1. The Hall–Kier alpha value is -2.84. The van der Waals surface area contributed by atoms with E-state index in [2.05, 4.69) is 0 Å². The number of piperidine rings is 1. The van der Waals surface area contributed by atoms with E-state index in [0.717, 1.165) is 0 Å². The zero-order valence-electron chi connectivity index (χ0n) is 14.9. The van der Waals surface area contributed by atoms with Crippen LogP contribution in [-0.2, 0) is 4.79 Å². The van der Waals surface area contributed by atoms with Gasteiger partial charge in [0, 0.05) is 19.2 Å². The topological polar surface area (TPSA) is 119 Å². The number of carboxylic acid groups (broad SMARTS) is 1. The number of likely N-dealkylation sites (tertiary alicyclic amines) is 1. The minimum absolute atomic E-state index is 0.0970. The Morgan fingerprint density at radius 1 is 1.38 bits per heavy atom. The molecule has 1 heterocycles. The molecule has 1 fully saturated rings. The Bertz CT molecular complexity index is 719. The molecule has 142 valence electrons. The minimum atomic E-state index is -0.890. The van der Waals surface area contributed by atoms with Crippen LogP contribution in [0.1, 0.15) is 30.6 Å². The largest absolute Gasteiger partial charge is 0.493 e. The molecule has 2 unspecified atom stereocenters. The second-order valence-electron chi connectivity index (χ2n) is 6.17. The number of ether oxygens (including phenoxy) is 2. The number of rotatable bonds is 6. The van der Waals surface area contributed by atoms with E-state index in [4.69, 9.17) is 9.47 Å². The van der Waals surface area contributed by atoms with Gasteiger partial charge in [-0.2, -0.15) is 0 Å². The zero-order valence-corrected chi connectivity index (χ0v) is 14.9. The van der Waals surface area contributed by atoms with Gasteiger partial charge in [0.2, 0.25) is 0 Å². The maximum atomic E-state index is 12.9. The van der Waals surface area contributed by atoms with Crippen molar-refractivity contribution in [3.63, 3.8) is 0 Å². The lowest BCUT2D eigenvalue weighted by Gasteiger charge is -2.34. The van der Waals surface area contributed by atoms with Gasteiger partial charge in [-0.25, -0.2) is 0 Å². The van der Waals surface area contributed by atoms with Gasteiger partial charge in [0.05, 0.1) is 30.6 Å². The van der Waals surface area contributed by atoms with Crippen LogP contribution >= 0.6 is 0 Å². The molecule has 0 radical (unpaired) electrons. The highest BCUT2D eigenvalue weighted by molar-refractivity contribution is 5.99. The predicted molar refractivity (Wildman–Crippen MR) is 91.6 cm³/mol. The first-order valence-corrected chi connectivity index (χ1v) is 8.31. The van der Waals surface area contributed by atoms with Crippen LogP contribution in [0.3, 0.4) is 0 Å². The van der Waals surface area contributed by atoms with E-state index in [-0.39, 0.29) is 41.8 Å². The fourth-order valence-electron chi connectivity index (χ4n) is 3.17. The second kappa shape index (κ2) is 8.03. The van der Waals surface area contributed by atoms with Crippen LogP contribution in [0.2, 0.25) is 0 Å². The lowest BCUT2D eigenvalue weighted by atomic mass is 9.86. The summed E-state index contributed by atoms with van der Waals surface area (Å²) in [7, 11) is 1.36. The van der Waals surface area contributed by atoms with Crippen molar-refractivity contribution in [1.29, 1.82) is 0 Å². The molecule has 1 saturated heterocycles. The van der Waals surface area contributed by atoms with E-state index >= 15 is 0 Å². The molecular weight excluding hydrogens is 344 g/mol. The number of carbonyl (C=O) groups is 2. The molecule has 1 aliphatic rings. The lowest BCUT2D eigenvalue weighted by molar-refractivity contribution is -0.385. The number of carbonyl (C=O) groups excluding carboxylic acids is 1. The number of nitro benzene ring substituents is 1. The summed E-state index contributed by atoms with van der Waals surface area (Å²) in [5, 5.41) is 20.6. The summed E-state index contributed by atoms with van der Waals surface area (Å²) in [6.07, 6.45) is 0.310. The SMILES string of the molecule is CCOc1cc(C(=O)N2CCC(C(=O)O)C(C)C2)c([N+](=O)[O-])cc1OC. The molecule has 1 aromatic rings. The maximum Gasteiger partial charge on any atom is 0.306 e. The quantitative estimate of drug-likeness (QED) is 0.605. The van der Waals surface area contributed by atoms with Crippen molar-refractivity contribution >= 4 is 17.6 Å². The molecule has 0 bridgehead atoms.